The standard InChI is InChI=1S/C16H19NO3S2/c1-11-5-10-15(21-11)16(18)17(3)12(2)13-6-8-14(9-7-13)22(4,19)20/h5-10,12H,1-4H3. The van der Waals surface area contributed by atoms with Gasteiger partial charge in [-0.15, -0.1) is 11.3 Å². The molecule has 0 spiro atoms. The lowest BCUT2D eigenvalue weighted by atomic mass is 10.1. The number of rotatable bonds is 4. The molecular weight excluding hydrogens is 318 g/mol. The molecule has 1 heterocycles. The number of thiophene rings is 1. The Bertz CT molecular complexity index is 776. The summed E-state index contributed by atoms with van der Waals surface area (Å²) in [6.45, 7) is 3.89. The Labute approximate surface area is 135 Å². The first-order valence-electron chi connectivity index (χ1n) is 6.84. The molecule has 1 unspecified atom stereocenters. The van der Waals surface area contributed by atoms with E-state index in [-0.39, 0.29) is 16.8 Å². The summed E-state index contributed by atoms with van der Waals surface area (Å²) < 4.78 is 23.0. The second-order valence-electron chi connectivity index (χ2n) is 5.34. The van der Waals surface area contributed by atoms with Crippen LogP contribution in [0.3, 0.4) is 0 Å². The summed E-state index contributed by atoms with van der Waals surface area (Å²) in [6, 6.07) is 10.3. The van der Waals surface area contributed by atoms with Gasteiger partial charge >= 0.3 is 0 Å². The molecule has 1 atom stereocenters. The minimum absolute atomic E-state index is 0.0298. The summed E-state index contributed by atoms with van der Waals surface area (Å²) in [4.78, 5) is 16.2. The van der Waals surface area contributed by atoms with Crippen LogP contribution in [0.2, 0.25) is 0 Å². The number of carbonyl (C=O) groups excluding carboxylic acids is 1. The maximum Gasteiger partial charge on any atom is 0.264 e. The van der Waals surface area contributed by atoms with E-state index in [9.17, 15) is 13.2 Å². The minimum Gasteiger partial charge on any atom is -0.334 e. The summed E-state index contributed by atoms with van der Waals surface area (Å²) >= 11 is 1.47. The van der Waals surface area contributed by atoms with E-state index in [1.165, 1.54) is 17.6 Å². The van der Waals surface area contributed by atoms with Crippen molar-refractivity contribution < 1.29 is 13.2 Å². The Balaban J connectivity index is 2.20. The van der Waals surface area contributed by atoms with Crippen molar-refractivity contribution in [3.8, 4) is 0 Å². The van der Waals surface area contributed by atoms with Crippen LogP contribution in [0, 0.1) is 6.92 Å². The van der Waals surface area contributed by atoms with E-state index in [0.29, 0.717) is 4.88 Å². The van der Waals surface area contributed by atoms with Crippen molar-refractivity contribution in [3.05, 3.63) is 51.7 Å². The van der Waals surface area contributed by atoms with Crippen LogP contribution in [0.25, 0.3) is 0 Å². The third-order valence-electron chi connectivity index (χ3n) is 3.64. The lowest BCUT2D eigenvalue weighted by Crippen LogP contribution is -2.29. The minimum atomic E-state index is -3.20. The van der Waals surface area contributed by atoms with Crippen LogP contribution in [-0.4, -0.2) is 32.5 Å². The number of nitrogens with zero attached hydrogens (tertiary/aromatic N) is 1. The predicted molar refractivity (Wildman–Crippen MR) is 89.1 cm³/mol. The first-order valence-corrected chi connectivity index (χ1v) is 9.54. The fourth-order valence-corrected chi connectivity index (χ4v) is 3.60. The molecule has 118 valence electrons. The van der Waals surface area contributed by atoms with Crippen molar-refractivity contribution in [1.82, 2.24) is 4.90 Å². The van der Waals surface area contributed by atoms with Crippen LogP contribution < -0.4 is 0 Å². The topological polar surface area (TPSA) is 54.5 Å². The van der Waals surface area contributed by atoms with Crippen molar-refractivity contribution >= 4 is 27.1 Å². The molecule has 0 saturated carbocycles. The van der Waals surface area contributed by atoms with Gasteiger partial charge in [-0.3, -0.25) is 4.79 Å². The molecule has 0 aliphatic rings. The van der Waals surface area contributed by atoms with Crippen molar-refractivity contribution in [1.29, 1.82) is 0 Å². The highest BCUT2D eigenvalue weighted by Gasteiger charge is 2.20. The number of hydrogen-bond donors (Lipinski definition) is 0. The van der Waals surface area contributed by atoms with Gasteiger partial charge in [0.25, 0.3) is 5.91 Å². The molecule has 0 aliphatic heterocycles. The van der Waals surface area contributed by atoms with Crippen LogP contribution in [0.5, 0.6) is 0 Å². The first kappa shape index (κ1) is 16.7. The summed E-state index contributed by atoms with van der Waals surface area (Å²) in [5.41, 5.74) is 0.900. The summed E-state index contributed by atoms with van der Waals surface area (Å²) in [6.07, 6.45) is 1.18. The molecule has 0 saturated heterocycles. The lowest BCUT2D eigenvalue weighted by molar-refractivity contribution is 0.0747. The van der Waals surface area contributed by atoms with Gasteiger partial charge in [0.15, 0.2) is 9.84 Å². The van der Waals surface area contributed by atoms with E-state index >= 15 is 0 Å². The average molecular weight is 337 g/mol. The molecule has 2 aromatic rings. The number of carbonyl (C=O) groups is 1. The predicted octanol–water partition coefficient (Wildman–Crippen LogP) is 3.29. The average Bonchev–Trinajstić information content (AvgIpc) is 2.90. The van der Waals surface area contributed by atoms with E-state index in [1.807, 2.05) is 26.0 Å². The highest BCUT2D eigenvalue weighted by Crippen LogP contribution is 2.24. The molecule has 0 N–H and O–H groups in total. The summed E-state index contributed by atoms with van der Waals surface area (Å²) in [5, 5.41) is 0. The van der Waals surface area contributed by atoms with Crippen molar-refractivity contribution in [2.75, 3.05) is 13.3 Å². The van der Waals surface area contributed by atoms with Crippen LogP contribution in [0.15, 0.2) is 41.3 Å². The SMILES string of the molecule is Cc1ccc(C(=O)N(C)C(C)c2ccc(S(C)(=O)=O)cc2)s1. The van der Waals surface area contributed by atoms with Crippen molar-refractivity contribution in [2.24, 2.45) is 0 Å². The summed E-state index contributed by atoms with van der Waals surface area (Å²) in [5.74, 6) is -0.0298. The normalized spacial score (nSPS) is 12.9. The molecule has 1 aromatic carbocycles. The number of sulfone groups is 1. The van der Waals surface area contributed by atoms with Crippen LogP contribution in [0.1, 0.15) is 33.1 Å². The quantitative estimate of drug-likeness (QED) is 0.860. The van der Waals surface area contributed by atoms with Gasteiger partial charge in [0, 0.05) is 18.2 Å². The molecule has 1 aromatic heterocycles. The Morgan fingerprint density at radius 1 is 1.14 bits per heavy atom. The van der Waals surface area contributed by atoms with Gasteiger partial charge in [-0.25, -0.2) is 8.42 Å². The van der Waals surface area contributed by atoms with E-state index in [1.54, 1.807) is 36.2 Å². The van der Waals surface area contributed by atoms with Crippen LogP contribution in [0.4, 0.5) is 0 Å². The maximum atomic E-state index is 12.4. The highest BCUT2D eigenvalue weighted by atomic mass is 32.2. The Hall–Kier alpha value is -1.66. The Morgan fingerprint density at radius 3 is 2.18 bits per heavy atom. The molecule has 4 nitrogen and oxygen atoms in total. The van der Waals surface area contributed by atoms with Gasteiger partial charge in [0.1, 0.15) is 0 Å². The zero-order chi connectivity index (χ0) is 16.5. The molecule has 0 fully saturated rings. The van der Waals surface area contributed by atoms with E-state index in [0.717, 1.165) is 10.4 Å². The Morgan fingerprint density at radius 2 is 1.73 bits per heavy atom. The molecular formula is C16H19NO3S2. The van der Waals surface area contributed by atoms with Gasteiger partial charge in [0.2, 0.25) is 0 Å². The largest absolute Gasteiger partial charge is 0.334 e. The molecule has 1 amide bonds. The van der Waals surface area contributed by atoms with Gasteiger partial charge in [-0.2, -0.15) is 0 Å². The third kappa shape index (κ3) is 3.56. The van der Waals surface area contributed by atoms with Gasteiger partial charge in [-0.1, -0.05) is 12.1 Å². The fraction of sp³-hybridized carbons (Fsp3) is 0.312. The number of amides is 1. The van der Waals surface area contributed by atoms with Gasteiger partial charge in [0.05, 0.1) is 15.8 Å². The van der Waals surface area contributed by atoms with Gasteiger partial charge < -0.3 is 4.90 Å². The van der Waals surface area contributed by atoms with Gasteiger partial charge in [-0.05, 0) is 43.7 Å². The number of benzene rings is 1. The molecule has 0 aliphatic carbocycles. The van der Waals surface area contributed by atoms with E-state index < -0.39 is 9.84 Å². The molecule has 0 radical (unpaired) electrons. The molecule has 0 bridgehead atoms. The molecule has 22 heavy (non-hydrogen) atoms. The van der Waals surface area contributed by atoms with E-state index in [4.69, 9.17) is 0 Å². The molecule has 2 rings (SSSR count). The zero-order valence-corrected chi connectivity index (χ0v) is 14.7. The third-order valence-corrected chi connectivity index (χ3v) is 5.76. The highest BCUT2D eigenvalue weighted by molar-refractivity contribution is 7.90. The van der Waals surface area contributed by atoms with Crippen molar-refractivity contribution in [3.63, 3.8) is 0 Å². The first-order chi connectivity index (χ1) is 10.2. The second-order valence-corrected chi connectivity index (χ2v) is 8.65. The smallest absolute Gasteiger partial charge is 0.264 e. The van der Waals surface area contributed by atoms with Crippen LogP contribution >= 0.6 is 11.3 Å². The lowest BCUT2D eigenvalue weighted by Gasteiger charge is -2.25. The van der Waals surface area contributed by atoms with Crippen LogP contribution in [-0.2, 0) is 9.84 Å². The maximum absolute atomic E-state index is 12.4. The zero-order valence-electron chi connectivity index (χ0n) is 13.0. The second kappa shape index (κ2) is 6.22. The monoisotopic (exact) mass is 337 g/mol. The number of hydrogen-bond acceptors (Lipinski definition) is 4. The summed E-state index contributed by atoms with van der Waals surface area (Å²) in [7, 11) is -1.44. The molecule has 6 heteroatoms. The van der Waals surface area contributed by atoms with Crippen molar-refractivity contribution in [2.45, 2.75) is 24.8 Å². The Kier molecular flexibility index (Phi) is 4.72. The van der Waals surface area contributed by atoms with E-state index in [2.05, 4.69) is 0 Å². The fourth-order valence-electron chi connectivity index (χ4n) is 2.12. The number of aryl methyl sites for hydroxylation is 1.